The molecule has 1 aliphatic rings. The Bertz CT molecular complexity index is 753. The summed E-state index contributed by atoms with van der Waals surface area (Å²) in [4.78, 5) is 15.1. The molecule has 0 aromatic carbocycles. The molecule has 1 aliphatic heterocycles. The van der Waals surface area contributed by atoms with Crippen molar-refractivity contribution in [3.63, 3.8) is 0 Å². The topological polar surface area (TPSA) is 102 Å². The van der Waals surface area contributed by atoms with Gasteiger partial charge in [-0.3, -0.25) is 9.69 Å². The molecule has 8 heteroatoms. The summed E-state index contributed by atoms with van der Waals surface area (Å²) in [5.74, 6) is 0.112. The van der Waals surface area contributed by atoms with Crippen LogP contribution in [-0.4, -0.2) is 53.4 Å². The van der Waals surface area contributed by atoms with Gasteiger partial charge in [0.1, 0.15) is 0 Å². The van der Waals surface area contributed by atoms with E-state index in [9.17, 15) is 9.90 Å². The summed E-state index contributed by atoms with van der Waals surface area (Å²) in [6, 6.07) is 7.64. The molecule has 7 nitrogen and oxygen atoms in total. The number of nitrogens with zero attached hydrogens (tertiary/aromatic N) is 3. The molecule has 0 aliphatic carbocycles. The van der Waals surface area contributed by atoms with Crippen LogP contribution in [0.3, 0.4) is 0 Å². The lowest BCUT2D eigenvalue weighted by atomic mass is 10.1. The first-order valence-corrected chi connectivity index (χ1v) is 9.64. The summed E-state index contributed by atoms with van der Waals surface area (Å²) in [5.41, 5.74) is 0.294. The minimum atomic E-state index is -0.527. The highest BCUT2D eigenvalue weighted by Gasteiger charge is 2.30. The summed E-state index contributed by atoms with van der Waals surface area (Å²) in [6.07, 6.45) is 2.30. The normalized spacial score (nSPS) is 20.2. The van der Waals surface area contributed by atoms with Gasteiger partial charge in [-0.25, -0.2) is 0 Å². The number of nitrogens with one attached hydrogen (secondary N) is 1. The number of nitriles is 1. The summed E-state index contributed by atoms with van der Waals surface area (Å²) in [6.45, 7) is 2.68. The quantitative estimate of drug-likeness (QED) is 0.686. The molecule has 138 valence electrons. The number of amides is 1. The Morgan fingerprint density at radius 3 is 3.08 bits per heavy atom. The molecule has 2 N–H and O–H groups in total. The molecule has 0 radical (unpaired) electrons. The van der Waals surface area contributed by atoms with Crippen molar-refractivity contribution in [1.82, 2.24) is 15.4 Å². The zero-order valence-electron chi connectivity index (χ0n) is 14.4. The van der Waals surface area contributed by atoms with Crippen molar-refractivity contribution in [2.24, 2.45) is 5.92 Å². The van der Waals surface area contributed by atoms with Gasteiger partial charge in [-0.2, -0.15) is 5.26 Å². The number of aliphatic hydroxyl groups is 1. The molecule has 1 saturated heterocycles. The fraction of sp³-hybridized carbons (Fsp3) is 0.500. The Hall–Kier alpha value is -2.21. The Labute approximate surface area is 156 Å². The van der Waals surface area contributed by atoms with Gasteiger partial charge in [0.25, 0.3) is 5.91 Å². The number of carbonyl (C=O) groups is 1. The van der Waals surface area contributed by atoms with Crippen LogP contribution in [0.15, 0.2) is 28.1 Å². The predicted octanol–water partition coefficient (Wildman–Crippen LogP) is 2.12. The number of hydrogen-bond donors (Lipinski definition) is 2. The van der Waals surface area contributed by atoms with E-state index in [1.165, 1.54) is 11.3 Å². The fourth-order valence-electron chi connectivity index (χ4n) is 3.02. The van der Waals surface area contributed by atoms with E-state index in [0.29, 0.717) is 31.1 Å². The minimum Gasteiger partial charge on any atom is -0.390 e. The zero-order valence-corrected chi connectivity index (χ0v) is 15.2. The standard InChI is InChI=1S/C18H22N4O3S/c19-10-13-11-22(12-15(13)23)7-3-1-2-6-20-18(24)14-9-16(25-21-14)17-5-4-8-26-17/h4-5,8-9,13,15,23H,1-3,6-7,11-12H2,(H,20,24). The fourth-order valence-corrected chi connectivity index (χ4v) is 3.70. The van der Waals surface area contributed by atoms with E-state index in [-0.39, 0.29) is 11.8 Å². The largest absolute Gasteiger partial charge is 0.390 e. The van der Waals surface area contributed by atoms with Gasteiger partial charge in [-0.15, -0.1) is 11.3 Å². The highest BCUT2D eigenvalue weighted by molar-refractivity contribution is 7.13. The Morgan fingerprint density at radius 2 is 2.35 bits per heavy atom. The Morgan fingerprint density at radius 1 is 1.46 bits per heavy atom. The monoisotopic (exact) mass is 374 g/mol. The van der Waals surface area contributed by atoms with Crippen molar-refractivity contribution >= 4 is 17.2 Å². The second-order valence-electron chi connectivity index (χ2n) is 6.43. The maximum absolute atomic E-state index is 12.1. The second kappa shape index (κ2) is 8.94. The molecule has 0 saturated carbocycles. The molecule has 2 atom stereocenters. The van der Waals surface area contributed by atoms with Gasteiger partial charge in [0.05, 0.1) is 23.0 Å². The molecule has 0 spiro atoms. The Kier molecular flexibility index (Phi) is 6.39. The first-order chi connectivity index (χ1) is 12.7. The van der Waals surface area contributed by atoms with Crippen LogP contribution in [0.2, 0.25) is 0 Å². The number of β-amino-alcohol motifs (C(OH)–C–C–N with tert-alkyl or cyclic N) is 1. The molecular formula is C18H22N4O3S. The van der Waals surface area contributed by atoms with E-state index in [1.807, 2.05) is 17.5 Å². The van der Waals surface area contributed by atoms with Crippen molar-refractivity contribution in [3.8, 4) is 16.7 Å². The van der Waals surface area contributed by atoms with E-state index >= 15 is 0 Å². The zero-order chi connectivity index (χ0) is 18.4. The van der Waals surface area contributed by atoms with E-state index in [2.05, 4.69) is 21.4 Å². The smallest absolute Gasteiger partial charge is 0.273 e. The third kappa shape index (κ3) is 4.69. The number of thiophene rings is 1. The second-order valence-corrected chi connectivity index (χ2v) is 7.38. The van der Waals surface area contributed by atoms with Crippen molar-refractivity contribution in [2.75, 3.05) is 26.2 Å². The summed E-state index contributed by atoms with van der Waals surface area (Å²) in [7, 11) is 0. The van der Waals surface area contributed by atoms with Crippen LogP contribution in [-0.2, 0) is 0 Å². The van der Waals surface area contributed by atoms with E-state index in [4.69, 9.17) is 9.78 Å². The Balaban J connectivity index is 1.31. The van der Waals surface area contributed by atoms with Gasteiger partial charge >= 0.3 is 0 Å². The number of aliphatic hydroxyl groups excluding tert-OH is 1. The first-order valence-electron chi connectivity index (χ1n) is 8.76. The van der Waals surface area contributed by atoms with Crippen LogP contribution in [0.1, 0.15) is 29.8 Å². The molecule has 1 fully saturated rings. The lowest BCUT2D eigenvalue weighted by molar-refractivity contribution is 0.0943. The van der Waals surface area contributed by atoms with Gasteiger partial charge in [0.15, 0.2) is 11.5 Å². The summed E-state index contributed by atoms with van der Waals surface area (Å²) in [5, 5.41) is 27.2. The molecule has 0 bridgehead atoms. The van der Waals surface area contributed by atoms with Crippen molar-refractivity contribution in [3.05, 3.63) is 29.3 Å². The van der Waals surface area contributed by atoms with Crippen LogP contribution < -0.4 is 5.32 Å². The van der Waals surface area contributed by atoms with Gasteiger partial charge in [0, 0.05) is 25.7 Å². The molecule has 3 rings (SSSR count). The molecule has 2 aromatic heterocycles. The molecule has 1 amide bonds. The minimum absolute atomic E-state index is 0.226. The lowest BCUT2D eigenvalue weighted by Gasteiger charge is -2.14. The van der Waals surface area contributed by atoms with Crippen molar-refractivity contribution < 1.29 is 14.4 Å². The highest BCUT2D eigenvalue weighted by Crippen LogP contribution is 2.25. The summed E-state index contributed by atoms with van der Waals surface area (Å²) >= 11 is 1.54. The third-order valence-corrected chi connectivity index (χ3v) is 5.36. The number of unbranched alkanes of at least 4 members (excludes halogenated alkanes) is 2. The number of hydrogen-bond acceptors (Lipinski definition) is 7. The van der Waals surface area contributed by atoms with Crippen LogP contribution in [0.4, 0.5) is 0 Å². The van der Waals surface area contributed by atoms with E-state index < -0.39 is 6.10 Å². The maximum Gasteiger partial charge on any atom is 0.273 e. The molecule has 3 heterocycles. The predicted molar refractivity (Wildman–Crippen MR) is 97.6 cm³/mol. The number of aromatic nitrogens is 1. The van der Waals surface area contributed by atoms with E-state index in [0.717, 1.165) is 30.7 Å². The van der Waals surface area contributed by atoms with Gasteiger partial charge < -0.3 is 14.9 Å². The van der Waals surface area contributed by atoms with Gasteiger partial charge in [-0.05, 0) is 30.8 Å². The summed E-state index contributed by atoms with van der Waals surface area (Å²) < 4.78 is 5.21. The molecular weight excluding hydrogens is 352 g/mol. The van der Waals surface area contributed by atoms with Crippen LogP contribution in [0.25, 0.3) is 10.6 Å². The number of likely N-dealkylation sites (tertiary alicyclic amines) is 1. The first kappa shape index (κ1) is 18.6. The number of rotatable bonds is 8. The molecule has 2 aromatic rings. The third-order valence-electron chi connectivity index (χ3n) is 4.47. The highest BCUT2D eigenvalue weighted by atomic mass is 32.1. The van der Waals surface area contributed by atoms with Crippen molar-refractivity contribution in [1.29, 1.82) is 5.26 Å². The SMILES string of the molecule is N#CC1CN(CCCCCNC(=O)c2cc(-c3cccs3)on2)CC1O. The van der Waals surface area contributed by atoms with E-state index in [1.54, 1.807) is 6.07 Å². The molecule has 26 heavy (non-hydrogen) atoms. The van der Waals surface area contributed by atoms with Crippen LogP contribution in [0.5, 0.6) is 0 Å². The van der Waals surface area contributed by atoms with Crippen LogP contribution >= 0.6 is 11.3 Å². The number of carbonyl (C=O) groups excluding carboxylic acids is 1. The van der Waals surface area contributed by atoms with Gasteiger partial charge in [0.2, 0.25) is 0 Å². The van der Waals surface area contributed by atoms with Crippen LogP contribution in [0, 0.1) is 17.2 Å². The van der Waals surface area contributed by atoms with Gasteiger partial charge in [-0.1, -0.05) is 17.6 Å². The maximum atomic E-state index is 12.1. The average molecular weight is 374 g/mol. The lowest BCUT2D eigenvalue weighted by Crippen LogP contribution is -2.25. The van der Waals surface area contributed by atoms with Crippen molar-refractivity contribution in [2.45, 2.75) is 25.4 Å². The molecule has 2 unspecified atom stereocenters. The average Bonchev–Trinajstić information content (AvgIpc) is 3.37.